The highest BCUT2D eigenvalue weighted by molar-refractivity contribution is 7.90. The molecule has 0 aliphatic carbocycles. The molecule has 0 amide bonds. The molecule has 84 valence electrons. The Balaban J connectivity index is 2.28. The molecule has 0 fully saturated rings. The zero-order valence-electron chi connectivity index (χ0n) is 9.11. The van der Waals surface area contributed by atoms with Gasteiger partial charge in [-0.3, -0.25) is 5.10 Å². The van der Waals surface area contributed by atoms with E-state index in [0.29, 0.717) is 13.1 Å². The zero-order valence-corrected chi connectivity index (χ0v) is 9.93. The fourth-order valence-electron chi connectivity index (χ4n) is 1.59. The number of nitrogens with zero attached hydrogens (tertiary/aromatic N) is 2. The van der Waals surface area contributed by atoms with Crippen molar-refractivity contribution in [2.75, 3.05) is 0 Å². The summed E-state index contributed by atoms with van der Waals surface area (Å²) in [4.78, 5) is 0. The average molecular weight is 229 g/mol. The lowest BCUT2D eigenvalue weighted by atomic mass is 10.3. The summed E-state index contributed by atoms with van der Waals surface area (Å²) < 4.78 is 25.0. The molecule has 1 aromatic rings. The van der Waals surface area contributed by atoms with Crippen LogP contribution in [-0.4, -0.2) is 27.7 Å². The summed E-state index contributed by atoms with van der Waals surface area (Å²) in [6.07, 6.45) is 1.69. The zero-order chi connectivity index (χ0) is 11.3. The van der Waals surface area contributed by atoms with Gasteiger partial charge in [0.2, 0.25) is 10.0 Å². The van der Waals surface area contributed by atoms with Crippen molar-refractivity contribution in [2.45, 2.75) is 38.6 Å². The molecule has 1 aromatic heterocycles. The van der Waals surface area contributed by atoms with Crippen molar-refractivity contribution in [1.82, 2.24) is 14.5 Å². The maximum atomic E-state index is 12.1. The second-order valence-electron chi connectivity index (χ2n) is 4.76. The van der Waals surface area contributed by atoms with Crippen molar-refractivity contribution in [1.29, 1.82) is 0 Å². The molecular formula is C9H15N3O2S. The van der Waals surface area contributed by atoms with E-state index in [2.05, 4.69) is 10.2 Å². The SMILES string of the molecule is CC(C)(C)S(=O)(=O)N1Cc2cn[nH]c2C1. The molecule has 0 radical (unpaired) electrons. The number of H-pyrrole nitrogens is 1. The first-order valence-corrected chi connectivity index (χ1v) is 6.27. The lowest BCUT2D eigenvalue weighted by Gasteiger charge is -2.26. The monoisotopic (exact) mass is 229 g/mol. The molecule has 5 nitrogen and oxygen atoms in total. The van der Waals surface area contributed by atoms with Gasteiger partial charge in [-0.15, -0.1) is 0 Å². The molecule has 2 heterocycles. The molecule has 0 spiro atoms. The molecule has 0 saturated carbocycles. The first kappa shape index (κ1) is 10.6. The highest BCUT2D eigenvalue weighted by Crippen LogP contribution is 2.29. The van der Waals surface area contributed by atoms with Crippen LogP contribution in [0.4, 0.5) is 0 Å². The molecule has 1 N–H and O–H groups in total. The Morgan fingerprint density at radius 2 is 2.07 bits per heavy atom. The van der Waals surface area contributed by atoms with Crippen LogP contribution >= 0.6 is 0 Å². The Kier molecular flexibility index (Phi) is 2.16. The summed E-state index contributed by atoms with van der Waals surface area (Å²) in [5.41, 5.74) is 1.88. The van der Waals surface area contributed by atoms with Gasteiger partial charge in [-0.1, -0.05) is 0 Å². The van der Waals surface area contributed by atoms with Crippen LogP contribution in [0.5, 0.6) is 0 Å². The molecule has 1 aliphatic heterocycles. The molecule has 0 unspecified atom stereocenters. The van der Waals surface area contributed by atoms with Crippen LogP contribution in [0, 0.1) is 0 Å². The van der Waals surface area contributed by atoms with Gasteiger partial charge >= 0.3 is 0 Å². The number of rotatable bonds is 1. The minimum atomic E-state index is -3.23. The standard InChI is InChI=1S/C9H15N3O2S/c1-9(2,3)15(13,14)12-5-7-4-10-11-8(7)6-12/h4H,5-6H2,1-3H3,(H,10,11). The molecule has 6 heteroatoms. The third kappa shape index (κ3) is 1.57. The highest BCUT2D eigenvalue weighted by Gasteiger charge is 2.38. The van der Waals surface area contributed by atoms with Gasteiger partial charge in [0.25, 0.3) is 0 Å². The van der Waals surface area contributed by atoms with E-state index < -0.39 is 14.8 Å². The van der Waals surface area contributed by atoms with E-state index in [1.165, 1.54) is 4.31 Å². The topological polar surface area (TPSA) is 66.1 Å². The van der Waals surface area contributed by atoms with E-state index >= 15 is 0 Å². The lowest BCUT2D eigenvalue weighted by molar-refractivity contribution is 0.407. The number of hydrogen-bond acceptors (Lipinski definition) is 3. The molecule has 15 heavy (non-hydrogen) atoms. The summed E-state index contributed by atoms with van der Waals surface area (Å²) in [5.74, 6) is 0. The first-order chi connectivity index (χ1) is 6.82. The Bertz CT molecular complexity index is 449. The van der Waals surface area contributed by atoms with Gasteiger partial charge in [0.1, 0.15) is 0 Å². The lowest BCUT2D eigenvalue weighted by Crippen LogP contribution is -2.40. The van der Waals surface area contributed by atoms with Gasteiger partial charge < -0.3 is 0 Å². The Hall–Kier alpha value is -0.880. The summed E-state index contributed by atoms with van der Waals surface area (Å²) in [5, 5.41) is 6.69. The van der Waals surface area contributed by atoms with E-state index in [9.17, 15) is 8.42 Å². The van der Waals surface area contributed by atoms with Crippen LogP contribution in [0.1, 0.15) is 32.0 Å². The normalized spacial score (nSPS) is 18.1. The second kappa shape index (κ2) is 3.05. The van der Waals surface area contributed by atoms with Crippen LogP contribution in [-0.2, 0) is 23.1 Å². The van der Waals surface area contributed by atoms with E-state index in [1.54, 1.807) is 27.0 Å². The fraction of sp³-hybridized carbons (Fsp3) is 0.667. The third-order valence-corrected chi connectivity index (χ3v) is 5.09. The molecule has 0 aromatic carbocycles. The van der Waals surface area contributed by atoms with Crippen molar-refractivity contribution in [2.24, 2.45) is 0 Å². The predicted octanol–water partition coefficient (Wildman–Crippen LogP) is 0.854. The predicted molar refractivity (Wildman–Crippen MR) is 56.5 cm³/mol. The van der Waals surface area contributed by atoms with Crippen molar-refractivity contribution >= 4 is 10.0 Å². The number of fused-ring (bicyclic) bond motifs is 1. The van der Waals surface area contributed by atoms with Crippen molar-refractivity contribution in [3.05, 3.63) is 17.5 Å². The maximum absolute atomic E-state index is 12.1. The molecule has 0 atom stereocenters. The third-order valence-electron chi connectivity index (χ3n) is 2.60. The molecule has 2 rings (SSSR count). The van der Waals surface area contributed by atoms with E-state index in [4.69, 9.17) is 0 Å². The van der Waals surface area contributed by atoms with Crippen LogP contribution in [0.2, 0.25) is 0 Å². The van der Waals surface area contributed by atoms with Gasteiger partial charge in [0, 0.05) is 12.1 Å². The van der Waals surface area contributed by atoms with Crippen molar-refractivity contribution in [3.63, 3.8) is 0 Å². The maximum Gasteiger partial charge on any atom is 0.219 e. The Morgan fingerprint density at radius 1 is 1.40 bits per heavy atom. The van der Waals surface area contributed by atoms with Crippen molar-refractivity contribution < 1.29 is 8.42 Å². The van der Waals surface area contributed by atoms with Gasteiger partial charge in [-0.05, 0) is 20.8 Å². The Morgan fingerprint density at radius 3 is 2.60 bits per heavy atom. The number of hydrogen-bond donors (Lipinski definition) is 1. The van der Waals surface area contributed by atoms with E-state index in [0.717, 1.165) is 11.3 Å². The van der Waals surface area contributed by atoms with Crippen LogP contribution in [0.3, 0.4) is 0 Å². The summed E-state index contributed by atoms with van der Waals surface area (Å²) in [6, 6.07) is 0. The first-order valence-electron chi connectivity index (χ1n) is 4.83. The minimum absolute atomic E-state index is 0.412. The number of aromatic amines is 1. The number of nitrogens with one attached hydrogen (secondary N) is 1. The summed E-state index contributed by atoms with van der Waals surface area (Å²) >= 11 is 0. The molecule has 0 bridgehead atoms. The minimum Gasteiger partial charge on any atom is -0.281 e. The second-order valence-corrected chi connectivity index (χ2v) is 7.45. The molecule has 1 aliphatic rings. The van der Waals surface area contributed by atoms with Crippen LogP contribution < -0.4 is 0 Å². The van der Waals surface area contributed by atoms with Gasteiger partial charge in [-0.2, -0.15) is 9.40 Å². The quantitative estimate of drug-likeness (QED) is 0.776. The number of aromatic nitrogens is 2. The van der Waals surface area contributed by atoms with Gasteiger partial charge in [-0.25, -0.2) is 8.42 Å². The smallest absolute Gasteiger partial charge is 0.219 e. The average Bonchev–Trinajstić information content (AvgIpc) is 2.57. The molecular weight excluding hydrogens is 214 g/mol. The molecule has 0 saturated heterocycles. The Labute approximate surface area is 89.5 Å². The van der Waals surface area contributed by atoms with Gasteiger partial charge in [0.05, 0.1) is 23.2 Å². The largest absolute Gasteiger partial charge is 0.281 e. The summed E-state index contributed by atoms with van der Waals surface area (Å²) in [6.45, 7) is 5.99. The highest BCUT2D eigenvalue weighted by atomic mass is 32.2. The van der Waals surface area contributed by atoms with Crippen LogP contribution in [0.15, 0.2) is 6.20 Å². The van der Waals surface area contributed by atoms with E-state index in [-0.39, 0.29) is 0 Å². The number of sulfonamides is 1. The fourth-order valence-corrected chi connectivity index (χ4v) is 2.97. The van der Waals surface area contributed by atoms with Crippen molar-refractivity contribution in [3.8, 4) is 0 Å². The van der Waals surface area contributed by atoms with Gasteiger partial charge in [0.15, 0.2) is 0 Å². The van der Waals surface area contributed by atoms with Crippen LogP contribution in [0.25, 0.3) is 0 Å². The van der Waals surface area contributed by atoms with E-state index in [1.807, 2.05) is 0 Å². The summed E-state index contributed by atoms with van der Waals surface area (Å²) in [7, 11) is -3.23.